The van der Waals surface area contributed by atoms with E-state index in [1.807, 2.05) is 0 Å². The zero-order chi connectivity index (χ0) is 18.3. The Kier molecular flexibility index (Phi) is 10.3. The van der Waals surface area contributed by atoms with Gasteiger partial charge in [0.05, 0.1) is 31.6 Å². The molecule has 0 amide bonds. The van der Waals surface area contributed by atoms with Crippen LogP contribution in [0.1, 0.15) is 51.7 Å². The van der Waals surface area contributed by atoms with Crippen molar-refractivity contribution in [3.05, 3.63) is 16.1 Å². The van der Waals surface area contributed by atoms with Crippen LogP contribution in [-0.4, -0.2) is 49.5 Å². The third-order valence-electron chi connectivity index (χ3n) is 3.89. The van der Waals surface area contributed by atoms with Gasteiger partial charge in [-0.05, 0) is 20.3 Å². The van der Waals surface area contributed by atoms with Crippen LogP contribution in [0.25, 0.3) is 0 Å². The van der Waals surface area contributed by atoms with Gasteiger partial charge >= 0.3 is 0 Å². The summed E-state index contributed by atoms with van der Waals surface area (Å²) in [6, 6.07) is 0.180. The Morgan fingerprint density at radius 3 is 2.85 bits per heavy atom. The van der Waals surface area contributed by atoms with Crippen LogP contribution in [-0.2, 0) is 21.4 Å². The summed E-state index contributed by atoms with van der Waals surface area (Å²) in [5.74, 6) is 0.800. The van der Waals surface area contributed by atoms with Gasteiger partial charge in [-0.1, -0.05) is 20.8 Å². The minimum Gasteiger partial charge on any atom is -0.379 e. The predicted molar refractivity (Wildman–Crippen MR) is 119 cm³/mol. The normalized spacial score (nSPS) is 19.1. The lowest BCUT2D eigenvalue weighted by atomic mass is 9.93. The molecule has 2 rings (SSSR count). The first-order chi connectivity index (χ1) is 11.9. The van der Waals surface area contributed by atoms with E-state index in [1.165, 1.54) is 0 Å². The van der Waals surface area contributed by atoms with Crippen molar-refractivity contribution in [2.45, 2.75) is 65.1 Å². The molecule has 0 spiro atoms. The molecule has 26 heavy (non-hydrogen) atoms. The molecule has 1 fully saturated rings. The number of hydrogen-bond donors (Lipinski definition) is 2. The van der Waals surface area contributed by atoms with Crippen molar-refractivity contribution in [2.24, 2.45) is 4.99 Å². The van der Waals surface area contributed by atoms with Gasteiger partial charge in [-0.3, -0.25) is 0 Å². The third kappa shape index (κ3) is 8.06. The van der Waals surface area contributed by atoms with E-state index in [4.69, 9.17) is 14.5 Å². The van der Waals surface area contributed by atoms with Gasteiger partial charge in [0.1, 0.15) is 5.01 Å². The van der Waals surface area contributed by atoms with Crippen molar-refractivity contribution in [3.8, 4) is 0 Å². The molecule has 6 nitrogen and oxygen atoms in total. The summed E-state index contributed by atoms with van der Waals surface area (Å²) in [6.07, 6.45) is 1.22. The van der Waals surface area contributed by atoms with Crippen LogP contribution in [0.2, 0.25) is 0 Å². The molecule has 1 aliphatic heterocycles. The number of aliphatic imine (C=N–C) groups is 1. The fourth-order valence-corrected chi connectivity index (χ4v) is 3.34. The topological polar surface area (TPSA) is 67.8 Å². The molecular weight excluding hydrogens is 463 g/mol. The van der Waals surface area contributed by atoms with Gasteiger partial charge in [-0.15, -0.1) is 35.3 Å². The lowest BCUT2D eigenvalue weighted by Crippen LogP contribution is -2.44. The summed E-state index contributed by atoms with van der Waals surface area (Å²) >= 11 is 1.67. The van der Waals surface area contributed by atoms with Crippen LogP contribution in [0.5, 0.6) is 0 Å². The van der Waals surface area contributed by atoms with E-state index >= 15 is 0 Å². The maximum atomic E-state index is 5.87. The molecular formula is C18H33IN4O2S. The number of rotatable bonds is 7. The van der Waals surface area contributed by atoms with Crippen LogP contribution in [0.15, 0.2) is 10.4 Å². The van der Waals surface area contributed by atoms with Crippen LogP contribution in [0.3, 0.4) is 0 Å². The van der Waals surface area contributed by atoms with Crippen molar-refractivity contribution in [1.29, 1.82) is 0 Å². The quantitative estimate of drug-likeness (QED) is 0.345. The van der Waals surface area contributed by atoms with Gasteiger partial charge < -0.3 is 20.1 Å². The smallest absolute Gasteiger partial charge is 0.191 e. The summed E-state index contributed by atoms with van der Waals surface area (Å²) in [7, 11) is 0. The second-order valence-electron chi connectivity index (χ2n) is 7.44. The molecule has 0 saturated carbocycles. The minimum absolute atomic E-state index is 0. The number of aromatic nitrogens is 1. The Hall–Kier alpha value is -0.450. The molecule has 0 bridgehead atoms. The van der Waals surface area contributed by atoms with E-state index in [0.29, 0.717) is 19.8 Å². The fraction of sp³-hybridized carbons (Fsp3) is 0.778. The number of nitrogens with one attached hydrogen (secondary N) is 2. The Balaban J connectivity index is 0.00000338. The van der Waals surface area contributed by atoms with Crippen LogP contribution in [0, 0.1) is 0 Å². The number of thiazole rings is 1. The molecule has 1 aliphatic rings. The number of guanidine groups is 1. The maximum Gasteiger partial charge on any atom is 0.191 e. The van der Waals surface area contributed by atoms with Gasteiger partial charge in [0.15, 0.2) is 5.96 Å². The average Bonchev–Trinajstić information content (AvgIpc) is 3.22. The van der Waals surface area contributed by atoms with Crippen molar-refractivity contribution in [1.82, 2.24) is 15.6 Å². The molecule has 1 aromatic rings. The molecule has 8 heteroatoms. The molecule has 0 radical (unpaired) electrons. The molecule has 2 N–H and O–H groups in total. The third-order valence-corrected chi connectivity index (χ3v) is 4.72. The number of nitrogens with zero attached hydrogens (tertiary/aromatic N) is 2. The molecule has 2 unspecified atom stereocenters. The fourth-order valence-electron chi connectivity index (χ4n) is 2.39. The summed E-state index contributed by atoms with van der Waals surface area (Å²) < 4.78 is 11.2. The molecule has 0 aromatic carbocycles. The van der Waals surface area contributed by atoms with Crippen molar-refractivity contribution < 1.29 is 9.47 Å². The van der Waals surface area contributed by atoms with Gasteiger partial charge in [0.2, 0.25) is 0 Å². The zero-order valence-electron chi connectivity index (χ0n) is 16.5. The van der Waals surface area contributed by atoms with Gasteiger partial charge in [-0.25, -0.2) is 9.98 Å². The standard InChI is InChI=1S/C18H32N4O2S.HI/c1-6-19-17(21-13(2)10-24-14-7-8-23-11-14)20-9-16-22-15(12-25-16)18(3,4)5;/h12-14H,6-11H2,1-5H3,(H2,19,20,21);1H. The highest BCUT2D eigenvalue weighted by Crippen LogP contribution is 2.24. The number of halogens is 1. The number of hydrogen-bond acceptors (Lipinski definition) is 5. The molecule has 2 atom stereocenters. The summed E-state index contributed by atoms with van der Waals surface area (Å²) in [4.78, 5) is 9.36. The minimum atomic E-state index is 0. The second-order valence-corrected chi connectivity index (χ2v) is 8.38. The highest BCUT2D eigenvalue weighted by Gasteiger charge is 2.18. The van der Waals surface area contributed by atoms with Gasteiger partial charge in [0, 0.05) is 30.0 Å². The Morgan fingerprint density at radius 2 is 2.27 bits per heavy atom. The largest absolute Gasteiger partial charge is 0.379 e. The Morgan fingerprint density at radius 1 is 1.50 bits per heavy atom. The Labute approximate surface area is 178 Å². The highest BCUT2D eigenvalue weighted by atomic mass is 127. The van der Waals surface area contributed by atoms with Gasteiger partial charge in [-0.2, -0.15) is 0 Å². The SMILES string of the molecule is CCNC(=NCc1nc(C(C)(C)C)cs1)NC(C)COC1CCOC1.I. The van der Waals surface area contributed by atoms with E-state index in [0.717, 1.165) is 36.2 Å². The van der Waals surface area contributed by atoms with Crippen LogP contribution >= 0.6 is 35.3 Å². The van der Waals surface area contributed by atoms with E-state index in [1.54, 1.807) is 11.3 Å². The molecule has 150 valence electrons. The maximum absolute atomic E-state index is 5.87. The van der Waals surface area contributed by atoms with Crippen LogP contribution < -0.4 is 10.6 Å². The number of ether oxygens (including phenoxy) is 2. The predicted octanol–water partition coefficient (Wildman–Crippen LogP) is 3.31. The van der Waals surface area contributed by atoms with Crippen molar-refractivity contribution in [2.75, 3.05) is 26.4 Å². The van der Waals surface area contributed by atoms with E-state index in [2.05, 4.69) is 55.6 Å². The zero-order valence-corrected chi connectivity index (χ0v) is 19.6. The first-order valence-electron chi connectivity index (χ1n) is 9.07. The highest BCUT2D eigenvalue weighted by molar-refractivity contribution is 14.0. The van der Waals surface area contributed by atoms with Crippen molar-refractivity contribution >= 4 is 41.3 Å². The van der Waals surface area contributed by atoms with E-state index in [9.17, 15) is 0 Å². The summed E-state index contributed by atoms with van der Waals surface area (Å²) in [5, 5.41) is 9.85. The van der Waals surface area contributed by atoms with Crippen molar-refractivity contribution in [3.63, 3.8) is 0 Å². The van der Waals surface area contributed by atoms with E-state index in [-0.39, 0.29) is 41.5 Å². The first kappa shape index (κ1) is 23.6. The first-order valence-corrected chi connectivity index (χ1v) is 9.95. The van der Waals surface area contributed by atoms with E-state index < -0.39 is 0 Å². The van der Waals surface area contributed by atoms with Gasteiger partial charge in [0.25, 0.3) is 0 Å². The second kappa shape index (κ2) is 11.4. The Bertz CT molecular complexity index is 554. The molecule has 2 heterocycles. The molecule has 1 saturated heterocycles. The lowest BCUT2D eigenvalue weighted by molar-refractivity contribution is 0.0347. The molecule has 0 aliphatic carbocycles. The summed E-state index contributed by atoms with van der Waals surface area (Å²) in [5.41, 5.74) is 1.21. The lowest BCUT2D eigenvalue weighted by Gasteiger charge is -2.19. The average molecular weight is 496 g/mol. The monoisotopic (exact) mass is 496 g/mol. The molecule has 1 aromatic heterocycles. The summed E-state index contributed by atoms with van der Waals surface area (Å²) in [6.45, 7) is 14.3. The van der Waals surface area contributed by atoms with Crippen LogP contribution in [0.4, 0.5) is 0 Å².